The number of alkyl halides is 2. The first-order valence-corrected chi connectivity index (χ1v) is 13.7. The third-order valence-electron chi connectivity index (χ3n) is 6.62. The minimum atomic E-state index is -2.83. The van der Waals surface area contributed by atoms with E-state index in [-0.39, 0.29) is 29.2 Å². The molecule has 1 fully saturated rings. The summed E-state index contributed by atoms with van der Waals surface area (Å²) in [5, 5.41) is 11.5. The van der Waals surface area contributed by atoms with Crippen molar-refractivity contribution in [1.29, 1.82) is 5.26 Å². The molecule has 37 heavy (non-hydrogen) atoms. The maximum absolute atomic E-state index is 13.7. The summed E-state index contributed by atoms with van der Waals surface area (Å²) in [5.41, 5.74) is 1.60. The zero-order valence-corrected chi connectivity index (χ0v) is 21.2. The molecule has 2 aromatic carbocycles. The third kappa shape index (κ3) is 5.47. The van der Waals surface area contributed by atoms with Crippen molar-refractivity contribution in [3.63, 3.8) is 0 Å². The summed E-state index contributed by atoms with van der Waals surface area (Å²) in [6, 6.07) is 12.1. The average molecular weight is 525 g/mol. The van der Waals surface area contributed by atoms with Gasteiger partial charge in [0.2, 0.25) is 11.6 Å². The maximum atomic E-state index is 13.7. The van der Waals surface area contributed by atoms with Gasteiger partial charge in [0, 0.05) is 40.2 Å². The van der Waals surface area contributed by atoms with E-state index in [1.165, 1.54) is 24.5 Å². The molecular formula is C27H26F2N4O3S. The van der Waals surface area contributed by atoms with Gasteiger partial charge in [0.15, 0.2) is 0 Å². The Hall–Kier alpha value is -3.84. The van der Waals surface area contributed by atoms with E-state index in [4.69, 9.17) is 5.26 Å². The van der Waals surface area contributed by atoms with Crippen LogP contribution in [-0.4, -0.2) is 21.4 Å². The van der Waals surface area contributed by atoms with E-state index in [1.807, 2.05) is 0 Å². The molecule has 1 saturated carbocycles. The van der Waals surface area contributed by atoms with Crippen molar-refractivity contribution in [3.8, 4) is 17.3 Å². The van der Waals surface area contributed by atoms with E-state index in [0.717, 1.165) is 19.3 Å². The number of H-pyrrole nitrogens is 1. The van der Waals surface area contributed by atoms with Crippen LogP contribution in [-0.2, 0) is 16.3 Å². The van der Waals surface area contributed by atoms with Gasteiger partial charge in [-0.2, -0.15) is 5.26 Å². The first kappa shape index (κ1) is 26.2. The average Bonchev–Trinajstić information content (AvgIpc) is 2.82. The highest BCUT2D eigenvalue weighted by Gasteiger charge is 2.29. The highest BCUT2D eigenvalue weighted by atomic mass is 32.2. The number of aromatic amines is 1. The molecule has 1 aliphatic rings. The van der Waals surface area contributed by atoms with Crippen LogP contribution in [0.4, 0.5) is 8.78 Å². The van der Waals surface area contributed by atoms with Crippen LogP contribution in [0.15, 0.2) is 62.6 Å². The van der Waals surface area contributed by atoms with Gasteiger partial charge in [0.25, 0.3) is 12.3 Å². The summed E-state index contributed by atoms with van der Waals surface area (Å²) in [6.07, 6.45) is 2.94. The highest BCUT2D eigenvalue weighted by molar-refractivity contribution is 7.93. The Bertz CT molecular complexity index is 1560. The van der Waals surface area contributed by atoms with Crippen LogP contribution >= 0.6 is 0 Å². The Balaban J connectivity index is 1.67. The molecule has 1 unspecified atom stereocenters. The Kier molecular flexibility index (Phi) is 7.55. The predicted molar refractivity (Wildman–Crippen MR) is 137 cm³/mol. The molecule has 4 rings (SSSR count). The largest absolute Gasteiger partial charge is 0.361 e. The summed E-state index contributed by atoms with van der Waals surface area (Å²) in [4.78, 5) is 30.6. The van der Waals surface area contributed by atoms with Crippen molar-refractivity contribution in [2.75, 3.05) is 6.26 Å². The summed E-state index contributed by atoms with van der Waals surface area (Å²) in [5.74, 6) is -0.508. The molecule has 1 aliphatic carbocycles. The van der Waals surface area contributed by atoms with Crippen molar-refractivity contribution in [3.05, 3.63) is 86.8 Å². The molecule has 0 radical (unpaired) electrons. The van der Waals surface area contributed by atoms with Gasteiger partial charge >= 0.3 is 0 Å². The van der Waals surface area contributed by atoms with E-state index in [1.54, 1.807) is 43.4 Å². The summed E-state index contributed by atoms with van der Waals surface area (Å²) < 4.78 is 42.5. The number of pyridine rings is 1. The van der Waals surface area contributed by atoms with Crippen LogP contribution in [0, 0.1) is 18.4 Å². The van der Waals surface area contributed by atoms with Crippen LogP contribution < -0.4 is 10.7 Å². The van der Waals surface area contributed by atoms with Crippen LogP contribution in [0.2, 0.25) is 0 Å². The Labute approximate surface area is 213 Å². The van der Waals surface area contributed by atoms with Crippen molar-refractivity contribution in [2.45, 2.75) is 50.0 Å². The molecule has 0 saturated heterocycles. The van der Waals surface area contributed by atoms with E-state index in [2.05, 4.69) is 14.7 Å². The number of nitrogens with one attached hydrogen (secondary N) is 2. The lowest BCUT2D eigenvalue weighted by Crippen LogP contribution is -2.33. The van der Waals surface area contributed by atoms with Gasteiger partial charge < -0.3 is 10.3 Å². The van der Waals surface area contributed by atoms with Gasteiger partial charge in [0.05, 0.1) is 9.73 Å². The van der Waals surface area contributed by atoms with Crippen LogP contribution in [0.25, 0.3) is 11.1 Å². The fourth-order valence-corrected chi connectivity index (χ4v) is 5.31. The van der Waals surface area contributed by atoms with Crippen LogP contribution in [0.1, 0.15) is 64.5 Å². The van der Waals surface area contributed by atoms with Gasteiger partial charge in [0.1, 0.15) is 5.56 Å². The Morgan fingerprint density at radius 1 is 1.24 bits per heavy atom. The predicted octanol–water partition coefficient (Wildman–Crippen LogP) is 5.42. The maximum Gasteiger partial charge on any atom is 0.263 e. The number of nitrogens with zero attached hydrogens (tertiary/aromatic N) is 2. The lowest BCUT2D eigenvalue weighted by molar-refractivity contribution is 0.0947. The van der Waals surface area contributed by atoms with Crippen molar-refractivity contribution in [1.82, 2.24) is 10.3 Å². The summed E-state index contributed by atoms with van der Waals surface area (Å²) in [7, 11) is -2.83. The monoisotopic (exact) mass is 524 g/mol. The zero-order valence-electron chi connectivity index (χ0n) is 20.4. The summed E-state index contributed by atoms with van der Waals surface area (Å²) >= 11 is 0. The zero-order chi connectivity index (χ0) is 26.7. The molecule has 0 aliphatic heterocycles. The van der Waals surface area contributed by atoms with Gasteiger partial charge in [-0.05, 0) is 55.0 Å². The number of nitriles is 1. The molecule has 1 aromatic heterocycles. The van der Waals surface area contributed by atoms with Gasteiger partial charge in [-0.3, -0.25) is 9.59 Å². The van der Waals surface area contributed by atoms with Crippen molar-refractivity contribution >= 4 is 15.6 Å². The lowest BCUT2D eigenvalue weighted by atomic mass is 9.80. The first-order chi connectivity index (χ1) is 17.6. The van der Waals surface area contributed by atoms with Crippen LogP contribution in [0.3, 0.4) is 0 Å². The molecule has 2 N–H and O–H groups in total. The number of rotatable bonds is 7. The van der Waals surface area contributed by atoms with Gasteiger partial charge in [-0.1, -0.05) is 36.8 Å². The fourth-order valence-electron chi connectivity index (χ4n) is 4.41. The first-order valence-electron chi connectivity index (χ1n) is 11.7. The Morgan fingerprint density at radius 2 is 1.95 bits per heavy atom. The molecule has 1 atom stereocenters. The second kappa shape index (κ2) is 10.6. The summed E-state index contributed by atoms with van der Waals surface area (Å²) in [6.45, 7) is 1.81. The number of aryl methyl sites for hydroxylation is 1. The van der Waals surface area contributed by atoms with Gasteiger partial charge in [-0.15, -0.1) is 4.36 Å². The van der Waals surface area contributed by atoms with Crippen LogP contribution in [0.5, 0.6) is 0 Å². The second-order valence-electron chi connectivity index (χ2n) is 9.12. The number of carbonyl (C=O) groups is 1. The minimum Gasteiger partial charge on any atom is -0.361 e. The minimum absolute atomic E-state index is 0.00577. The molecule has 0 bridgehead atoms. The third-order valence-corrected chi connectivity index (χ3v) is 8.19. The quantitative estimate of drug-likeness (QED) is 0.401. The molecule has 3 aromatic rings. The molecule has 7 nitrogen and oxygen atoms in total. The molecule has 0 spiro atoms. The number of carbonyl (C=O) groups excluding carboxylic acids is 1. The van der Waals surface area contributed by atoms with E-state index >= 15 is 0 Å². The standard InChI is InChI=1S/C27H26F2N4O3S/c1-16-22(19-7-4-8-20(13-19)26(28)29)25(34)23(24(33-16)18-5-3-6-18)27(35)31-14-17-9-11-21(12-10-17)37(2,36)32-15-30/h4,7-13,18,26H,3,5-6,14H2,1-2H3,(H,31,35)(H,33,34). The molecule has 1 heterocycles. The fraction of sp³-hybridized carbons (Fsp3) is 0.296. The van der Waals surface area contributed by atoms with Crippen molar-refractivity contribution in [2.24, 2.45) is 4.36 Å². The molecular weight excluding hydrogens is 498 g/mol. The molecule has 1 amide bonds. The van der Waals surface area contributed by atoms with E-state index in [9.17, 15) is 22.6 Å². The van der Waals surface area contributed by atoms with Gasteiger partial charge in [-0.25, -0.2) is 13.0 Å². The number of halogens is 2. The number of amides is 1. The smallest absolute Gasteiger partial charge is 0.263 e. The van der Waals surface area contributed by atoms with Crippen molar-refractivity contribution < 1.29 is 17.8 Å². The number of hydrogen-bond acceptors (Lipinski definition) is 5. The number of aromatic nitrogens is 1. The molecule has 192 valence electrons. The number of benzene rings is 2. The number of hydrogen-bond donors (Lipinski definition) is 2. The lowest BCUT2D eigenvalue weighted by Gasteiger charge is -2.28. The Morgan fingerprint density at radius 3 is 2.54 bits per heavy atom. The SMILES string of the molecule is Cc1[nH]c(C2CCC2)c(C(=O)NCc2ccc(S(C)(=O)=NC#N)cc2)c(=O)c1-c1cccc(C(F)F)c1. The molecule has 10 heteroatoms. The topological polar surface area (TPSA) is 115 Å². The second-order valence-corrected chi connectivity index (χ2v) is 11.4. The van der Waals surface area contributed by atoms with E-state index in [0.29, 0.717) is 27.4 Å². The normalized spacial score (nSPS) is 14.9. The van der Waals surface area contributed by atoms with E-state index < -0.39 is 27.5 Å². The highest BCUT2D eigenvalue weighted by Crippen LogP contribution is 2.37.